The lowest BCUT2D eigenvalue weighted by Gasteiger charge is -2.16. The Morgan fingerprint density at radius 2 is 1.68 bits per heavy atom. The molecule has 19 heavy (non-hydrogen) atoms. The van der Waals surface area contributed by atoms with Crippen LogP contribution < -0.4 is 4.90 Å². The number of halogens is 1. The van der Waals surface area contributed by atoms with Crippen molar-refractivity contribution in [1.29, 1.82) is 0 Å². The maximum atomic E-state index is 12.3. The van der Waals surface area contributed by atoms with Crippen molar-refractivity contribution in [3.8, 4) is 5.75 Å². The number of hydrogen-bond acceptors (Lipinski definition) is 3. The van der Waals surface area contributed by atoms with Crippen LogP contribution in [0.25, 0.3) is 0 Å². The summed E-state index contributed by atoms with van der Waals surface area (Å²) in [6, 6.07) is 4.38. The lowest BCUT2D eigenvalue weighted by molar-refractivity contribution is -0.122. The Kier molecular flexibility index (Phi) is 2.82. The second-order valence-corrected chi connectivity index (χ2v) is 5.24. The van der Waals surface area contributed by atoms with Gasteiger partial charge in [0.2, 0.25) is 11.8 Å². The number of carbonyl (C=O) groups excluding carboxylic acids is 2. The van der Waals surface area contributed by atoms with Crippen molar-refractivity contribution in [2.24, 2.45) is 11.8 Å². The van der Waals surface area contributed by atoms with Gasteiger partial charge < -0.3 is 5.11 Å². The van der Waals surface area contributed by atoms with Crippen molar-refractivity contribution >= 4 is 29.1 Å². The van der Waals surface area contributed by atoms with Crippen LogP contribution in [0, 0.1) is 11.8 Å². The zero-order valence-electron chi connectivity index (χ0n) is 10.0. The normalized spacial score (nSPS) is 25.8. The Hall–Kier alpha value is -1.81. The lowest BCUT2D eigenvalue weighted by atomic mass is 9.85. The molecule has 98 valence electrons. The van der Waals surface area contributed by atoms with Crippen LogP contribution in [0.4, 0.5) is 5.69 Å². The molecule has 2 amide bonds. The van der Waals surface area contributed by atoms with Crippen molar-refractivity contribution in [2.75, 3.05) is 4.90 Å². The van der Waals surface area contributed by atoms with E-state index in [-0.39, 0.29) is 35.1 Å². The number of nitrogens with zero attached hydrogens (tertiary/aromatic N) is 1. The molecule has 3 rings (SSSR count). The van der Waals surface area contributed by atoms with Crippen molar-refractivity contribution in [3.05, 3.63) is 35.4 Å². The molecule has 0 bridgehead atoms. The number of phenolic OH excluding ortho intramolecular Hbond substituents is 1. The molecule has 0 saturated carbocycles. The van der Waals surface area contributed by atoms with Crippen LogP contribution in [0.15, 0.2) is 30.4 Å². The highest BCUT2D eigenvalue weighted by molar-refractivity contribution is 6.31. The summed E-state index contributed by atoms with van der Waals surface area (Å²) in [5, 5.41) is 10.2. The Bertz CT molecular complexity index is 570. The minimum absolute atomic E-state index is 0.152. The molecule has 1 fully saturated rings. The third kappa shape index (κ3) is 1.83. The van der Waals surface area contributed by atoms with E-state index in [2.05, 4.69) is 0 Å². The molecule has 1 N–H and O–H groups in total. The van der Waals surface area contributed by atoms with Gasteiger partial charge in [-0.1, -0.05) is 23.8 Å². The number of fused-ring (bicyclic) bond motifs is 1. The molecule has 0 spiro atoms. The van der Waals surface area contributed by atoms with E-state index in [4.69, 9.17) is 11.6 Å². The van der Waals surface area contributed by atoms with Gasteiger partial charge in [-0.15, -0.1) is 0 Å². The van der Waals surface area contributed by atoms with E-state index in [0.717, 1.165) is 4.90 Å². The van der Waals surface area contributed by atoms with Gasteiger partial charge in [-0.05, 0) is 25.0 Å². The molecule has 1 heterocycles. The summed E-state index contributed by atoms with van der Waals surface area (Å²) in [4.78, 5) is 25.7. The standard InChI is InChI=1S/C14H12ClNO3/c15-8-5-6-11(12(17)7-8)16-13(18)9-3-1-2-4-10(9)14(16)19/h1-2,5-7,9-10,17H,3-4H2. The summed E-state index contributed by atoms with van der Waals surface area (Å²) in [5.74, 6) is -1.23. The first-order valence-corrected chi connectivity index (χ1v) is 6.48. The molecule has 1 aliphatic heterocycles. The summed E-state index contributed by atoms with van der Waals surface area (Å²) in [6.07, 6.45) is 5.02. The number of amides is 2. The lowest BCUT2D eigenvalue weighted by Crippen LogP contribution is -2.30. The number of hydrogen-bond donors (Lipinski definition) is 1. The number of rotatable bonds is 1. The molecule has 1 aromatic carbocycles. The predicted molar refractivity (Wildman–Crippen MR) is 71.0 cm³/mol. The molecule has 0 aromatic heterocycles. The average Bonchev–Trinajstić information content (AvgIpc) is 2.64. The zero-order valence-corrected chi connectivity index (χ0v) is 10.8. The quantitative estimate of drug-likeness (QED) is 0.634. The Morgan fingerprint density at radius 1 is 1.11 bits per heavy atom. The van der Waals surface area contributed by atoms with E-state index in [1.807, 2.05) is 12.2 Å². The fourth-order valence-corrected chi connectivity index (χ4v) is 2.89. The van der Waals surface area contributed by atoms with E-state index in [1.165, 1.54) is 12.1 Å². The van der Waals surface area contributed by atoms with Gasteiger partial charge in [-0.2, -0.15) is 0 Å². The van der Waals surface area contributed by atoms with E-state index in [1.54, 1.807) is 6.07 Å². The van der Waals surface area contributed by atoms with Crippen molar-refractivity contribution in [3.63, 3.8) is 0 Å². The van der Waals surface area contributed by atoms with E-state index in [0.29, 0.717) is 17.9 Å². The van der Waals surface area contributed by atoms with E-state index >= 15 is 0 Å². The highest BCUT2D eigenvalue weighted by Gasteiger charge is 2.48. The van der Waals surface area contributed by atoms with Crippen molar-refractivity contribution in [1.82, 2.24) is 0 Å². The molecule has 2 unspecified atom stereocenters. The molecular weight excluding hydrogens is 266 g/mol. The van der Waals surface area contributed by atoms with Crippen LogP contribution in [0.3, 0.4) is 0 Å². The second kappa shape index (κ2) is 4.38. The Labute approximate surface area is 115 Å². The topological polar surface area (TPSA) is 57.6 Å². The van der Waals surface area contributed by atoms with E-state index in [9.17, 15) is 14.7 Å². The van der Waals surface area contributed by atoms with Gasteiger partial charge in [0.05, 0.1) is 17.5 Å². The number of benzene rings is 1. The molecular formula is C14H12ClNO3. The van der Waals surface area contributed by atoms with Crippen LogP contribution in [-0.4, -0.2) is 16.9 Å². The van der Waals surface area contributed by atoms with Crippen LogP contribution in [0.1, 0.15) is 12.8 Å². The zero-order chi connectivity index (χ0) is 13.6. The molecule has 5 heteroatoms. The smallest absolute Gasteiger partial charge is 0.238 e. The third-order valence-corrected chi connectivity index (χ3v) is 3.92. The third-order valence-electron chi connectivity index (χ3n) is 3.69. The molecule has 2 atom stereocenters. The average molecular weight is 278 g/mol. The van der Waals surface area contributed by atoms with Crippen LogP contribution >= 0.6 is 11.6 Å². The summed E-state index contributed by atoms with van der Waals surface area (Å²) in [7, 11) is 0. The highest BCUT2D eigenvalue weighted by Crippen LogP contribution is 2.40. The van der Waals surface area contributed by atoms with Gasteiger partial charge in [0, 0.05) is 11.1 Å². The number of anilines is 1. The monoisotopic (exact) mass is 277 g/mol. The van der Waals surface area contributed by atoms with Gasteiger partial charge in [0.1, 0.15) is 5.75 Å². The van der Waals surface area contributed by atoms with E-state index < -0.39 is 0 Å². The SMILES string of the molecule is O=C1C2CC=CCC2C(=O)N1c1ccc(Cl)cc1O. The maximum absolute atomic E-state index is 12.3. The number of allylic oxidation sites excluding steroid dienone is 2. The first-order valence-electron chi connectivity index (χ1n) is 6.11. The van der Waals surface area contributed by atoms with Gasteiger partial charge in [0.15, 0.2) is 0 Å². The first kappa shape index (κ1) is 12.2. The second-order valence-electron chi connectivity index (χ2n) is 4.80. The predicted octanol–water partition coefficient (Wildman–Crippen LogP) is 2.50. The van der Waals surface area contributed by atoms with Crippen molar-refractivity contribution < 1.29 is 14.7 Å². The summed E-state index contributed by atoms with van der Waals surface area (Å²) in [5.41, 5.74) is 0.216. The van der Waals surface area contributed by atoms with Crippen molar-refractivity contribution in [2.45, 2.75) is 12.8 Å². The van der Waals surface area contributed by atoms with Gasteiger partial charge in [-0.3, -0.25) is 9.59 Å². The van der Waals surface area contributed by atoms with Gasteiger partial charge in [-0.25, -0.2) is 4.90 Å². The van der Waals surface area contributed by atoms with Gasteiger partial charge >= 0.3 is 0 Å². The molecule has 0 radical (unpaired) electrons. The number of phenols is 1. The maximum Gasteiger partial charge on any atom is 0.238 e. The fourth-order valence-electron chi connectivity index (χ4n) is 2.72. The summed E-state index contributed by atoms with van der Waals surface area (Å²) >= 11 is 5.76. The highest BCUT2D eigenvalue weighted by atomic mass is 35.5. The number of aromatic hydroxyl groups is 1. The van der Waals surface area contributed by atoms with Gasteiger partial charge in [0.25, 0.3) is 0 Å². The Morgan fingerprint density at radius 3 is 2.21 bits per heavy atom. The summed E-state index contributed by atoms with van der Waals surface area (Å²) < 4.78 is 0. The molecule has 1 aliphatic carbocycles. The van der Waals surface area contributed by atoms with Crippen LogP contribution in [-0.2, 0) is 9.59 Å². The largest absolute Gasteiger partial charge is 0.506 e. The molecule has 2 aliphatic rings. The Balaban J connectivity index is 2.02. The first-order chi connectivity index (χ1) is 9.09. The minimum Gasteiger partial charge on any atom is -0.506 e. The molecule has 1 saturated heterocycles. The molecule has 4 nitrogen and oxygen atoms in total. The minimum atomic E-state index is -0.299. The van der Waals surface area contributed by atoms with Crippen LogP contribution in [0.5, 0.6) is 5.75 Å². The number of imide groups is 1. The molecule has 1 aromatic rings. The summed E-state index contributed by atoms with van der Waals surface area (Å²) in [6.45, 7) is 0. The van der Waals surface area contributed by atoms with Crippen LogP contribution in [0.2, 0.25) is 5.02 Å². The number of carbonyl (C=O) groups is 2. The fraction of sp³-hybridized carbons (Fsp3) is 0.286.